The summed E-state index contributed by atoms with van der Waals surface area (Å²) in [5.74, 6) is 0.778. The van der Waals surface area contributed by atoms with Gasteiger partial charge in [0.2, 0.25) is 0 Å². The number of benzene rings is 2. The van der Waals surface area contributed by atoms with Gasteiger partial charge in [0, 0.05) is 6.07 Å². The molecule has 7 heteroatoms. The second-order valence-corrected chi connectivity index (χ2v) is 5.97. The van der Waals surface area contributed by atoms with Gasteiger partial charge in [-0.05, 0) is 43.3 Å². The van der Waals surface area contributed by atoms with E-state index < -0.39 is 10.1 Å². The van der Waals surface area contributed by atoms with Crippen molar-refractivity contribution in [1.82, 2.24) is 4.98 Å². The summed E-state index contributed by atoms with van der Waals surface area (Å²) in [6.07, 6.45) is 1.29. The van der Waals surface area contributed by atoms with Crippen LogP contribution in [0.4, 0.5) is 0 Å². The van der Waals surface area contributed by atoms with Crippen LogP contribution in [0.1, 0.15) is 6.92 Å². The fraction of sp³-hybridized carbons (Fsp3) is 0.133. The zero-order chi connectivity index (χ0) is 15.6. The van der Waals surface area contributed by atoms with Crippen molar-refractivity contribution in [3.63, 3.8) is 0 Å². The highest BCUT2D eigenvalue weighted by Gasteiger charge is 2.17. The van der Waals surface area contributed by atoms with Crippen LogP contribution < -0.4 is 8.92 Å². The predicted octanol–water partition coefficient (Wildman–Crippen LogP) is 2.99. The van der Waals surface area contributed by atoms with Gasteiger partial charge < -0.3 is 13.3 Å². The highest BCUT2D eigenvalue weighted by atomic mass is 32.2. The quantitative estimate of drug-likeness (QED) is 0.673. The first-order valence-electron chi connectivity index (χ1n) is 6.59. The third-order valence-corrected chi connectivity index (χ3v) is 4.19. The van der Waals surface area contributed by atoms with Crippen LogP contribution in [0.25, 0.3) is 11.1 Å². The van der Waals surface area contributed by atoms with Gasteiger partial charge in [0.25, 0.3) is 0 Å². The molecular formula is C15H13NO5S. The average molecular weight is 319 g/mol. The van der Waals surface area contributed by atoms with Crippen LogP contribution in [-0.2, 0) is 10.1 Å². The van der Waals surface area contributed by atoms with E-state index in [4.69, 9.17) is 13.3 Å². The van der Waals surface area contributed by atoms with Crippen LogP contribution in [0.15, 0.2) is 58.2 Å². The lowest BCUT2D eigenvalue weighted by Crippen LogP contribution is -2.09. The minimum Gasteiger partial charge on any atom is -0.494 e. The molecule has 0 aliphatic carbocycles. The summed E-state index contributed by atoms with van der Waals surface area (Å²) >= 11 is 0. The maximum absolute atomic E-state index is 12.2. The Hall–Kier alpha value is -2.54. The summed E-state index contributed by atoms with van der Waals surface area (Å²) < 4.78 is 40.0. The van der Waals surface area contributed by atoms with Gasteiger partial charge in [-0.15, -0.1) is 0 Å². The van der Waals surface area contributed by atoms with Crippen LogP contribution in [0.3, 0.4) is 0 Å². The molecule has 0 amide bonds. The number of rotatable bonds is 5. The van der Waals surface area contributed by atoms with E-state index in [2.05, 4.69) is 4.98 Å². The van der Waals surface area contributed by atoms with Crippen molar-refractivity contribution < 1.29 is 21.8 Å². The van der Waals surface area contributed by atoms with Crippen molar-refractivity contribution in [1.29, 1.82) is 0 Å². The summed E-state index contributed by atoms with van der Waals surface area (Å²) in [7, 11) is -3.91. The largest absolute Gasteiger partial charge is 0.494 e. The Morgan fingerprint density at radius 2 is 1.82 bits per heavy atom. The molecular weight excluding hydrogens is 306 g/mol. The van der Waals surface area contributed by atoms with Crippen molar-refractivity contribution in [3.8, 4) is 11.5 Å². The number of hydrogen-bond donors (Lipinski definition) is 0. The molecule has 3 aromatic rings. The van der Waals surface area contributed by atoms with Crippen LogP contribution in [0, 0.1) is 0 Å². The molecule has 3 rings (SSSR count). The van der Waals surface area contributed by atoms with Crippen LogP contribution >= 0.6 is 0 Å². The van der Waals surface area contributed by atoms with E-state index in [1.54, 1.807) is 18.2 Å². The Kier molecular flexibility index (Phi) is 3.72. The highest BCUT2D eigenvalue weighted by Crippen LogP contribution is 2.24. The Balaban J connectivity index is 1.85. The van der Waals surface area contributed by atoms with Gasteiger partial charge in [0.05, 0.1) is 6.61 Å². The minimum atomic E-state index is -3.91. The van der Waals surface area contributed by atoms with Crippen LogP contribution in [-0.4, -0.2) is 20.0 Å². The summed E-state index contributed by atoms with van der Waals surface area (Å²) in [5, 5.41) is 0. The number of oxazole rings is 1. The molecule has 6 nitrogen and oxygen atoms in total. The summed E-state index contributed by atoms with van der Waals surface area (Å²) in [4.78, 5) is 4.01. The summed E-state index contributed by atoms with van der Waals surface area (Å²) in [5.41, 5.74) is 1.09. The lowest BCUT2D eigenvalue weighted by Gasteiger charge is -2.08. The third kappa shape index (κ3) is 2.89. The number of nitrogens with zero attached hydrogens (tertiary/aromatic N) is 1. The maximum Gasteiger partial charge on any atom is 0.339 e. The van der Waals surface area contributed by atoms with E-state index >= 15 is 0 Å². The molecule has 0 N–H and O–H groups in total. The van der Waals surface area contributed by atoms with Crippen molar-refractivity contribution in [2.75, 3.05) is 6.61 Å². The number of ether oxygens (including phenoxy) is 1. The van der Waals surface area contributed by atoms with Gasteiger partial charge in [-0.25, -0.2) is 4.98 Å². The monoisotopic (exact) mass is 319 g/mol. The first-order valence-corrected chi connectivity index (χ1v) is 8.00. The van der Waals surface area contributed by atoms with Gasteiger partial charge in [-0.1, -0.05) is 0 Å². The van der Waals surface area contributed by atoms with E-state index in [1.165, 1.54) is 30.7 Å². The smallest absolute Gasteiger partial charge is 0.339 e. The fourth-order valence-electron chi connectivity index (χ4n) is 1.93. The van der Waals surface area contributed by atoms with E-state index in [1.807, 2.05) is 6.92 Å². The zero-order valence-electron chi connectivity index (χ0n) is 11.7. The SMILES string of the molecule is CCOc1ccc(S(=O)(=O)Oc2ccc3ocnc3c2)cc1. The molecule has 0 radical (unpaired) electrons. The van der Waals surface area contributed by atoms with Gasteiger partial charge >= 0.3 is 10.1 Å². The van der Waals surface area contributed by atoms with Gasteiger partial charge in [0.15, 0.2) is 12.0 Å². The first kappa shape index (κ1) is 14.4. The molecule has 0 fully saturated rings. The third-order valence-electron chi connectivity index (χ3n) is 2.93. The van der Waals surface area contributed by atoms with E-state index in [0.717, 1.165) is 0 Å². The molecule has 2 aromatic carbocycles. The summed E-state index contributed by atoms with van der Waals surface area (Å²) in [6, 6.07) is 10.7. The number of fused-ring (bicyclic) bond motifs is 1. The zero-order valence-corrected chi connectivity index (χ0v) is 12.5. The molecule has 0 saturated carbocycles. The van der Waals surface area contributed by atoms with Crippen molar-refractivity contribution in [2.45, 2.75) is 11.8 Å². The Morgan fingerprint density at radius 1 is 1.09 bits per heavy atom. The predicted molar refractivity (Wildman–Crippen MR) is 79.4 cm³/mol. The maximum atomic E-state index is 12.2. The highest BCUT2D eigenvalue weighted by molar-refractivity contribution is 7.87. The molecule has 22 heavy (non-hydrogen) atoms. The second-order valence-electron chi connectivity index (χ2n) is 4.42. The second kappa shape index (κ2) is 5.69. The topological polar surface area (TPSA) is 78.6 Å². The van der Waals surface area contributed by atoms with Gasteiger partial charge in [-0.3, -0.25) is 0 Å². The summed E-state index contributed by atoms with van der Waals surface area (Å²) in [6.45, 7) is 2.37. The molecule has 0 saturated heterocycles. The van der Waals surface area contributed by atoms with E-state index in [-0.39, 0.29) is 10.6 Å². The Morgan fingerprint density at radius 3 is 2.55 bits per heavy atom. The van der Waals surface area contributed by atoms with Crippen molar-refractivity contribution >= 4 is 21.2 Å². The molecule has 1 heterocycles. The fourth-order valence-corrected chi connectivity index (χ4v) is 2.86. The van der Waals surface area contributed by atoms with Crippen molar-refractivity contribution in [3.05, 3.63) is 48.9 Å². The molecule has 0 bridgehead atoms. The lowest BCUT2D eigenvalue weighted by atomic mass is 10.3. The molecule has 0 aliphatic rings. The van der Waals surface area contributed by atoms with Gasteiger partial charge in [-0.2, -0.15) is 8.42 Å². The van der Waals surface area contributed by atoms with E-state index in [0.29, 0.717) is 23.5 Å². The molecule has 1 aromatic heterocycles. The van der Waals surface area contributed by atoms with Crippen LogP contribution in [0.2, 0.25) is 0 Å². The molecule has 0 atom stereocenters. The lowest BCUT2D eigenvalue weighted by molar-refractivity contribution is 0.340. The number of hydrogen-bond acceptors (Lipinski definition) is 6. The molecule has 0 spiro atoms. The Bertz CT molecular complexity index is 884. The number of aromatic nitrogens is 1. The Labute approximate surface area is 127 Å². The normalized spacial score (nSPS) is 11.5. The van der Waals surface area contributed by atoms with Gasteiger partial charge in [0.1, 0.15) is 21.9 Å². The molecule has 0 aliphatic heterocycles. The first-order chi connectivity index (χ1) is 10.6. The molecule has 114 valence electrons. The average Bonchev–Trinajstić information content (AvgIpc) is 2.95. The van der Waals surface area contributed by atoms with E-state index in [9.17, 15) is 8.42 Å². The van der Waals surface area contributed by atoms with Crippen molar-refractivity contribution in [2.24, 2.45) is 0 Å². The minimum absolute atomic E-state index is 0.0520. The molecule has 0 unspecified atom stereocenters. The van der Waals surface area contributed by atoms with Crippen LogP contribution in [0.5, 0.6) is 11.5 Å². The standard InChI is InChI=1S/C15H13NO5S/c1-2-19-11-3-6-13(7-4-11)22(17,18)21-12-5-8-15-14(9-12)16-10-20-15/h3-10H,2H2,1H3.